The summed E-state index contributed by atoms with van der Waals surface area (Å²) in [5.74, 6) is -1.46. The van der Waals surface area contributed by atoms with Crippen molar-refractivity contribution in [1.29, 1.82) is 0 Å². The van der Waals surface area contributed by atoms with E-state index in [0.29, 0.717) is 5.69 Å². The quantitative estimate of drug-likeness (QED) is 0.864. The van der Waals surface area contributed by atoms with Gasteiger partial charge in [-0.25, -0.2) is 4.79 Å². The molecule has 1 fully saturated rings. The van der Waals surface area contributed by atoms with Crippen molar-refractivity contribution in [3.8, 4) is 0 Å². The molecule has 3 rings (SSSR count). The van der Waals surface area contributed by atoms with E-state index in [9.17, 15) is 14.7 Å². The molecule has 1 unspecified atom stereocenters. The molecule has 5 heteroatoms. The van der Waals surface area contributed by atoms with E-state index in [1.54, 1.807) is 4.90 Å². The highest BCUT2D eigenvalue weighted by Crippen LogP contribution is 2.40. The minimum Gasteiger partial charge on any atom is -0.503 e. The maximum atomic E-state index is 12.7. The molecule has 0 aromatic heterocycles. The Balaban J connectivity index is 2.04. The number of carbonyl (C=O) groups excluding carboxylic acids is 2. The topological polar surface area (TPSA) is 66.8 Å². The molecule has 1 amide bonds. The van der Waals surface area contributed by atoms with E-state index in [1.807, 2.05) is 31.2 Å². The lowest BCUT2D eigenvalue weighted by atomic mass is 9.81. The Morgan fingerprint density at radius 2 is 1.79 bits per heavy atom. The molecule has 0 spiro atoms. The van der Waals surface area contributed by atoms with Gasteiger partial charge in [0.15, 0.2) is 5.76 Å². The number of hydrogen-bond acceptors (Lipinski definition) is 4. The van der Waals surface area contributed by atoms with Crippen molar-refractivity contribution in [3.05, 3.63) is 41.2 Å². The van der Waals surface area contributed by atoms with Gasteiger partial charge in [-0.05, 0) is 37.8 Å². The standard InChI is InChI=1S/C19H23NO4/c1-12-8-10-14(11-9-12)20-16(13-6-4-3-5-7-13)15(19(23)24-2)17(21)18(20)22/h8-11,13,16,21H,3-7H2,1-2H3. The molecule has 1 aliphatic carbocycles. The molecule has 0 bridgehead atoms. The number of carbonyl (C=O) groups is 2. The van der Waals surface area contributed by atoms with Gasteiger partial charge in [0.1, 0.15) is 5.57 Å². The zero-order valence-corrected chi connectivity index (χ0v) is 14.1. The molecule has 1 aliphatic heterocycles. The van der Waals surface area contributed by atoms with Gasteiger partial charge < -0.3 is 9.84 Å². The van der Waals surface area contributed by atoms with Gasteiger partial charge in [-0.2, -0.15) is 0 Å². The highest BCUT2D eigenvalue weighted by atomic mass is 16.5. The van der Waals surface area contributed by atoms with Crippen molar-refractivity contribution in [2.24, 2.45) is 5.92 Å². The zero-order chi connectivity index (χ0) is 17.3. The number of hydrogen-bond donors (Lipinski definition) is 1. The van der Waals surface area contributed by atoms with Crippen LogP contribution in [-0.4, -0.2) is 30.1 Å². The molecule has 1 heterocycles. The number of rotatable bonds is 3. The Morgan fingerprint density at radius 3 is 2.38 bits per heavy atom. The molecule has 5 nitrogen and oxygen atoms in total. The number of ether oxygens (including phenoxy) is 1. The maximum Gasteiger partial charge on any atom is 0.339 e. The molecule has 128 valence electrons. The number of amides is 1. The van der Waals surface area contributed by atoms with Crippen molar-refractivity contribution in [2.75, 3.05) is 12.0 Å². The van der Waals surface area contributed by atoms with Crippen molar-refractivity contribution < 1.29 is 19.4 Å². The first-order valence-corrected chi connectivity index (χ1v) is 8.46. The molecule has 1 aromatic carbocycles. The highest BCUT2D eigenvalue weighted by molar-refractivity contribution is 6.14. The second kappa shape index (κ2) is 6.67. The maximum absolute atomic E-state index is 12.7. The fraction of sp³-hybridized carbons (Fsp3) is 0.474. The summed E-state index contributed by atoms with van der Waals surface area (Å²) in [7, 11) is 1.28. The van der Waals surface area contributed by atoms with E-state index in [2.05, 4.69) is 0 Å². The van der Waals surface area contributed by atoms with Crippen molar-refractivity contribution in [2.45, 2.75) is 45.1 Å². The van der Waals surface area contributed by atoms with Crippen LogP contribution in [0, 0.1) is 12.8 Å². The predicted molar refractivity (Wildman–Crippen MR) is 90.7 cm³/mol. The number of benzene rings is 1. The van der Waals surface area contributed by atoms with E-state index < -0.39 is 23.7 Å². The van der Waals surface area contributed by atoms with Crippen LogP contribution in [0.4, 0.5) is 5.69 Å². The van der Waals surface area contributed by atoms with Crippen LogP contribution in [0.2, 0.25) is 0 Å². The van der Waals surface area contributed by atoms with Crippen LogP contribution in [0.15, 0.2) is 35.6 Å². The van der Waals surface area contributed by atoms with Crippen LogP contribution < -0.4 is 4.90 Å². The lowest BCUT2D eigenvalue weighted by molar-refractivity contribution is -0.136. The monoisotopic (exact) mass is 329 g/mol. The van der Waals surface area contributed by atoms with E-state index in [1.165, 1.54) is 13.5 Å². The molecule has 0 saturated heterocycles. The Kier molecular flexibility index (Phi) is 4.60. The molecule has 0 radical (unpaired) electrons. The summed E-state index contributed by atoms with van der Waals surface area (Å²) in [6, 6.07) is 7.11. The summed E-state index contributed by atoms with van der Waals surface area (Å²) in [5.41, 5.74) is 1.89. The van der Waals surface area contributed by atoms with Crippen LogP contribution in [0.1, 0.15) is 37.7 Å². The van der Waals surface area contributed by atoms with Crippen LogP contribution in [-0.2, 0) is 14.3 Å². The smallest absolute Gasteiger partial charge is 0.339 e. The summed E-state index contributed by atoms with van der Waals surface area (Å²) in [4.78, 5) is 26.5. The van der Waals surface area contributed by atoms with Gasteiger partial charge in [-0.15, -0.1) is 0 Å². The summed E-state index contributed by atoms with van der Waals surface area (Å²) in [6.45, 7) is 1.98. The van der Waals surface area contributed by atoms with E-state index in [0.717, 1.165) is 31.2 Å². The minimum absolute atomic E-state index is 0.106. The lowest BCUT2D eigenvalue weighted by Crippen LogP contribution is -2.43. The largest absolute Gasteiger partial charge is 0.503 e. The third-order valence-electron chi connectivity index (χ3n) is 5.06. The number of aliphatic hydroxyl groups excluding tert-OH is 1. The van der Waals surface area contributed by atoms with Gasteiger partial charge in [0.05, 0.1) is 13.2 Å². The summed E-state index contributed by atoms with van der Waals surface area (Å²) >= 11 is 0. The Hall–Kier alpha value is -2.30. The number of aliphatic hydroxyl groups is 1. The zero-order valence-electron chi connectivity index (χ0n) is 14.1. The molecule has 1 saturated carbocycles. The van der Waals surface area contributed by atoms with Crippen LogP contribution in [0.25, 0.3) is 0 Å². The van der Waals surface area contributed by atoms with Crippen LogP contribution in [0.5, 0.6) is 0 Å². The average molecular weight is 329 g/mol. The molecule has 24 heavy (non-hydrogen) atoms. The second-order valence-corrected chi connectivity index (χ2v) is 6.61. The molecular weight excluding hydrogens is 306 g/mol. The van der Waals surface area contributed by atoms with Gasteiger partial charge >= 0.3 is 5.97 Å². The highest BCUT2D eigenvalue weighted by Gasteiger charge is 2.47. The van der Waals surface area contributed by atoms with Gasteiger partial charge in [0, 0.05) is 5.69 Å². The van der Waals surface area contributed by atoms with Crippen molar-refractivity contribution in [1.82, 2.24) is 0 Å². The van der Waals surface area contributed by atoms with Crippen molar-refractivity contribution >= 4 is 17.6 Å². The molecule has 2 aliphatic rings. The Labute approximate surface area is 141 Å². The third kappa shape index (κ3) is 2.79. The lowest BCUT2D eigenvalue weighted by Gasteiger charge is -2.34. The average Bonchev–Trinajstić information content (AvgIpc) is 2.87. The first kappa shape index (κ1) is 16.6. The Morgan fingerprint density at radius 1 is 1.17 bits per heavy atom. The molecular formula is C19H23NO4. The van der Waals surface area contributed by atoms with Crippen LogP contribution >= 0.6 is 0 Å². The number of methoxy groups -OCH3 is 1. The summed E-state index contributed by atoms with van der Waals surface area (Å²) in [5, 5.41) is 10.3. The molecule has 1 N–H and O–H groups in total. The van der Waals surface area contributed by atoms with Gasteiger partial charge in [0.25, 0.3) is 5.91 Å². The van der Waals surface area contributed by atoms with E-state index in [-0.39, 0.29) is 11.5 Å². The number of esters is 1. The second-order valence-electron chi connectivity index (χ2n) is 6.61. The number of anilines is 1. The van der Waals surface area contributed by atoms with Crippen molar-refractivity contribution in [3.63, 3.8) is 0 Å². The number of nitrogens with zero attached hydrogens (tertiary/aromatic N) is 1. The minimum atomic E-state index is -0.619. The number of aryl methyl sites for hydroxylation is 1. The van der Waals surface area contributed by atoms with Crippen LogP contribution in [0.3, 0.4) is 0 Å². The van der Waals surface area contributed by atoms with E-state index >= 15 is 0 Å². The first-order chi connectivity index (χ1) is 11.5. The normalized spacial score (nSPS) is 22.2. The predicted octanol–water partition coefficient (Wildman–Crippen LogP) is 3.28. The first-order valence-electron chi connectivity index (χ1n) is 8.46. The fourth-order valence-electron chi connectivity index (χ4n) is 3.83. The van der Waals surface area contributed by atoms with E-state index in [4.69, 9.17) is 4.74 Å². The SMILES string of the molecule is COC(=O)C1=C(O)C(=O)N(c2ccc(C)cc2)C1C1CCCCC1. The third-order valence-corrected chi connectivity index (χ3v) is 5.06. The van der Waals surface area contributed by atoms with Gasteiger partial charge in [-0.1, -0.05) is 37.0 Å². The van der Waals surface area contributed by atoms with Gasteiger partial charge in [0.2, 0.25) is 0 Å². The fourth-order valence-corrected chi connectivity index (χ4v) is 3.83. The summed E-state index contributed by atoms with van der Waals surface area (Å²) < 4.78 is 4.84. The van der Waals surface area contributed by atoms with Gasteiger partial charge in [-0.3, -0.25) is 9.69 Å². The summed E-state index contributed by atoms with van der Waals surface area (Å²) in [6.07, 6.45) is 5.20. The Bertz CT molecular complexity index is 671. The molecule has 1 atom stereocenters. The molecule has 1 aromatic rings.